The van der Waals surface area contributed by atoms with Gasteiger partial charge in [-0.25, -0.2) is 4.79 Å². The van der Waals surface area contributed by atoms with Crippen LogP contribution in [-0.4, -0.2) is 65.8 Å². The number of aliphatic carboxylic acids is 1. The van der Waals surface area contributed by atoms with Gasteiger partial charge in [0.2, 0.25) is 5.91 Å². The molecule has 1 aliphatic heterocycles. The zero-order valence-corrected chi connectivity index (χ0v) is 11.9. The summed E-state index contributed by atoms with van der Waals surface area (Å²) in [5.74, 6) is -1.44. The summed E-state index contributed by atoms with van der Waals surface area (Å²) in [6, 6.07) is -2.38. The summed E-state index contributed by atoms with van der Waals surface area (Å²) in [6.07, 6.45) is 0. The minimum absolute atomic E-state index is 0.0488. The molecule has 8 nitrogen and oxygen atoms in total. The van der Waals surface area contributed by atoms with E-state index in [0.29, 0.717) is 6.61 Å². The summed E-state index contributed by atoms with van der Waals surface area (Å²) in [4.78, 5) is 36.1. The second-order valence-electron chi connectivity index (χ2n) is 4.96. The number of ether oxygens (including phenoxy) is 1. The van der Waals surface area contributed by atoms with Crippen molar-refractivity contribution in [3.05, 3.63) is 0 Å². The number of carbonyl (C=O) groups is 3. The number of nitrogens with zero attached hydrogens (tertiary/aromatic N) is 1. The molecule has 3 N–H and O–H groups in total. The number of nitrogens with one attached hydrogen (secondary N) is 2. The van der Waals surface area contributed by atoms with Gasteiger partial charge in [0, 0.05) is 12.6 Å². The van der Waals surface area contributed by atoms with Crippen LogP contribution in [0.2, 0.25) is 0 Å². The predicted octanol–water partition coefficient (Wildman–Crippen LogP) is -0.605. The Labute approximate surface area is 117 Å². The van der Waals surface area contributed by atoms with Crippen LogP contribution in [0.1, 0.15) is 20.8 Å². The molecule has 0 spiro atoms. The van der Waals surface area contributed by atoms with E-state index in [1.165, 1.54) is 11.8 Å². The van der Waals surface area contributed by atoms with Crippen molar-refractivity contribution in [2.75, 3.05) is 19.8 Å². The maximum Gasteiger partial charge on any atom is 0.325 e. The molecular weight excluding hydrogens is 266 g/mol. The highest BCUT2D eigenvalue weighted by atomic mass is 16.5. The lowest BCUT2D eigenvalue weighted by Gasteiger charge is -2.35. The zero-order valence-electron chi connectivity index (χ0n) is 11.9. The number of hydrogen-bond acceptors (Lipinski definition) is 4. The van der Waals surface area contributed by atoms with Gasteiger partial charge in [0.15, 0.2) is 0 Å². The van der Waals surface area contributed by atoms with Gasteiger partial charge in [-0.2, -0.15) is 0 Å². The molecule has 0 aromatic carbocycles. The number of amides is 3. The van der Waals surface area contributed by atoms with Gasteiger partial charge in [0.05, 0.1) is 13.2 Å². The molecule has 0 saturated carbocycles. The Hall–Kier alpha value is -1.83. The third kappa shape index (κ3) is 4.37. The molecule has 0 radical (unpaired) electrons. The fourth-order valence-electron chi connectivity index (χ4n) is 1.77. The summed E-state index contributed by atoms with van der Waals surface area (Å²) in [5.41, 5.74) is 0. The van der Waals surface area contributed by atoms with Crippen LogP contribution >= 0.6 is 0 Å². The predicted molar refractivity (Wildman–Crippen MR) is 70.2 cm³/mol. The van der Waals surface area contributed by atoms with Crippen LogP contribution in [0.15, 0.2) is 0 Å². The Balaban J connectivity index is 2.70. The molecule has 1 unspecified atom stereocenters. The van der Waals surface area contributed by atoms with Crippen molar-refractivity contribution in [3.63, 3.8) is 0 Å². The first-order valence-electron chi connectivity index (χ1n) is 6.51. The molecule has 0 aliphatic carbocycles. The fraction of sp³-hybridized carbons (Fsp3) is 0.750. The van der Waals surface area contributed by atoms with E-state index >= 15 is 0 Å². The summed E-state index contributed by atoms with van der Waals surface area (Å²) < 4.78 is 5.22. The van der Waals surface area contributed by atoms with Gasteiger partial charge in [0.25, 0.3) is 0 Å². The summed E-state index contributed by atoms with van der Waals surface area (Å²) in [6.45, 7) is 5.67. The Morgan fingerprint density at radius 1 is 1.25 bits per heavy atom. The summed E-state index contributed by atoms with van der Waals surface area (Å²) in [7, 11) is 0. The standard InChI is InChI=1S/C12H21N3O5/c1-7(2)13-10(16)9-6-20-5-4-15(9)12(19)14-8(3)11(17)18/h7-9H,4-6H2,1-3H3,(H,13,16)(H,14,19)(H,17,18)/t8-,9?/m0/s1. The molecule has 0 aromatic rings. The number of carbonyl (C=O) groups excluding carboxylic acids is 2. The van der Waals surface area contributed by atoms with Gasteiger partial charge < -0.3 is 25.4 Å². The average Bonchev–Trinajstić information content (AvgIpc) is 2.37. The van der Waals surface area contributed by atoms with Crippen LogP contribution in [0.4, 0.5) is 4.79 Å². The van der Waals surface area contributed by atoms with Crippen molar-refractivity contribution in [1.29, 1.82) is 0 Å². The molecule has 2 atom stereocenters. The van der Waals surface area contributed by atoms with E-state index in [9.17, 15) is 14.4 Å². The molecule has 1 aliphatic rings. The first kappa shape index (κ1) is 16.2. The Bertz CT molecular complexity index is 385. The SMILES string of the molecule is CC(C)NC(=O)C1COCCN1C(=O)N[C@@H](C)C(=O)O. The van der Waals surface area contributed by atoms with E-state index < -0.39 is 24.1 Å². The van der Waals surface area contributed by atoms with Crippen molar-refractivity contribution in [2.45, 2.75) is 38.9 Å². The van der Waals surface area contributed by atoms with E-state index in [-0.39, 0.29) is 25.1 Å². The Morgan fingerprint density at radius 2 is 1.90 bits per heavy atom. The van der Waals surface area contributed by atoms with Crippen LogP contribution < -0.4 is 10.6 Å². The van der Waals surface area contributed by atoms with Gasteiger partial charge in [0.1, 0.15) is 12.1 Å². The zero-order chi connectivity index (χ0) is 15.3. The normalized spacial score (nSPS) is 20.4. The van der Waals surface area contributed by atoms with Gasteiger partial charge in [-0.1, -0.05) is 0 Å². The van der Waals surface area contributed by atoms with Crippen molar-refractivity contribution in [3.8, 4) is 0 Å². The van der Waals surface area contributed by atoms with Gasteiger partial charge in [-0.15, -0.1) is 0 Å². The van der Waals surface area contributed by atoms with Gasteiger partial charge in [-0.05, 0) is 20.8 Å². The second kappa shape index (κ2) is 7.09. The monoisotopic (exact) mass is 287 g/mol. The highest BCUT2D eigenvalue weighted by molar-refractivity contribution is 5.89. The second-order valence-corrected chi connectivity index (χ2v) is 4.96. The highest BCUT2D eigenvalue weighted by Crippen LogP contribution is 2.08. The molecular formula is C12H21N3O5. The summed E-state index contributed by atoms with van der Waals surface area (Å²) >= 11 is 0. The first-order valence-corrected chi connectivity index (χ1v) is 6.51. The Morgan fingerprint density at radius 3 is 2.45 bits per heavy atom. The van der Waals surface area contributed by atoms with E-state index in [0.717, 1.165) is 0 Å². The molecule has 1 heterocycles. The van der Waals surface area contributed by atoms with Crippen molar-refractivity contribution >= 4 is 17.9 Å². The maximum absolute atomic E-state index is 12.0. The number of hydrogen-bond donors (Lipinski definition) is 3. The molecule has 1 fully saturated rings. The first-order chi connectivity index (χ1) is 9.32. The van der Waals surface area contributed by atoms with Crippen LogP contribution in [0, 0.1) is 0 Å². The molecule has 1 rings (SSSR count). The van der Waals surface area contributed by atoms with Crippen LogP contribution in [0.5, 0.6) is 0 Å². The van der Waals surface area contributed by atoms with E-state index in [1.807, 2.05) is 13.8 Å². The largest absolute Gasteiger partial charge is 0.480 e. The van der Waals surface area contributed by atoms with E-state index in [2.05, 4.69) is 10.6 Å². The van der Waals surface area contributed by atoms with Crippen LogP contribution in [-0.2, 0) is 14.3 Å². The summed E-state index contributed by atoms with van der Waals surface area (Å²) in [5, 5.41) is 13.8. The lowest BCUT2D eigenvalue weighted by atomic mass is 10.2. The quantitative estimate of drug-likeness (QED) is 0.639. The number of morpholine rings is 1. The van der Waals surface area contributed by atoms with Gasteiger partial charge in [-0.3, -0.25) is 9.59 Å². The topological polar surface area (TPSA) is 108 Å². The van der Waals surface area contributed by atoms with Crippen molar-refractivity contribution in [2.24, 2.45) is 0 Å². The molecule has 8 heteroatoms. The minimum Gasteiger partial charge on any atom is -0.480 e. The van der Waals surface area contributed by atoms with Crippen molar-refractivity contribution in [1.82, 2.24) is 15.5 Å². The number of carboxylic acid groups (broad SMARTS) is 1. The average molecular weight is 287 g/mol. The van der Waals surface area contributed by atoms with Crippen molar-refractivity contribution < 1.29 is 24.2 Å². The minimum atomic E-state index is -1.13. The maximum atomic E-state index is 12.0. The molecule has 3 amide bonds. The van der Waals surface area contributed by atoms with E-state index in [4.69, 9.17) is 9.84 Å². The van der Waals surface area contributed by atoms with E-state index in [1.54, 1.807) is 0 Å². The van der Waals surface area contributed by atoms with Crippen LogP contribution in [0.3, 0.4) is 0 Å². The third-order valence-electron chi connectivity index (χ3n) is 2.83. The lowest BCUT2D eigenvalue weighted by Crippen LogP contribution is -2.60. The molecule has 114 valence electrons. The number of urea groups is 1. The third-order valence-corrected chi connectivity index (χ3v) is 2.83. The fourth-order valence-corrected chi connectivity index (χ4v) is 1.77. The number of rotatable bonds is 4. The lowest BCUT2D eigenvalue weighted by molar-refractivity contribution is -0.138. The highest BCUT2D eigenvalue weighted by Gasteiger charge is 2.34. The van der Waals surface area contributed by atoms with Gasteiger partial charge >= 0.3 is 12.0 Å². The molecule has 0 bridgehead atoms. The molecule has 1 saturated heterocycles. The number of carboxylic acids is 1. The molecule has 0 aromatic heterocycles. The van der Waals surface area contributed by atoms with Crippen LogP contribution in [0.25, 0.3) is 0 Å². The molecule has 20 heavy (non-hydrogen) atoms. The smallest absolute Gasteiger partial charge is 0.325 e. The Kier molecular flexibility index (Phi) is 5.75.